The van der Waals surface area contributed by atoms with Crippen molar-refractivity contribution in [2.75, 3.05) is 0 Å². The molecule has 0 saturated heterocycles. The normalized spacial score (nSPS) is 9.00. The highest BCUT2D eigenvalue weighted by Gasteiger charge is 2.14. The number of halogens is 3. The van der Waals surface area contributed by atoms with Crippen LogP contribution in [0.4, 0.5) is 11.4 Å². The molecule has 0 aliphatic heterocycles. The Morgan fingerprint density at radius 1 is 0.933 bits per heavy atom. The maximum Gasteiger partial charge on any atom is 0.240 e. The molecule has 0 fully saturated rings. The fourth-order valence-electron chi connectivity index (χ4n) is 0.866. The molecule has 0 amide bonds. The van der Waals surface area contributed by atoms with Gasteiger partial charge in [-0.2, -0.15) is 9.98 Å². The van der Waals surface area contributed by atoms with Crippen LogP contribution in [0.2, 0.25) is 15.1 Å². The Kier molecular flexibility index (Phi) is 4.04. The first kappa shape index (κ1) is 11.9. The Labute approximate surface area is 99.2 Å². The summed E-state index contributed by atoms with van der Waals surface area (Å²) >= 11 is 17.2. The lowest BCUT2D eigenvalue weighted by molar-refractivity contribution is 0.565. The summed E-state index contributed by atoms with van der Waals surface area (Å²) in [4.78, 5) is 26.7. The first-order valence-corrected chi connectivity index (χ1v) is 4.58. The molecule has 76 valence electrons. The van der Waals surface area contributed by atoms with Crippen molar-refractivity contribution >= 4 is 58.3 Å². The fraction of sp³-hybridized carbons (Fsp3) is 0. The predicted molar refractivity (Wildman–Crippen MR) is 57.0 cm³/mol. The van der Waals surface area contributed by atoms with E-state index in [1.807, 2.05) is 0 Å². The summed E-state index contributed by atoms with van der Waals surface area (Å²) in [6.07, 6.45) is 2.55. The molecule has 0 bridgehead atoms. The van der Waals surface area contributed by atoms with Crippen molar-refractivity contribution in [1.82, 2.24) is 0 Å². The second kappa shape index (κ2) is 5.08. The van der Waals surface area contributed by atoms with Crippen molar-refractivity contribution in [2.45, 2.75) is 0 Å². The zero-order chi connectivity index (χ0) is 11.4. The molecule has 0 unspecified atom stereocenters. The van der Waals surface area contributed by atoms with Crippen LogP contribution < -0.4 is 0 Å². The molecule has 1 rings (SSSR count). The molecule has 4 nitrogen and oxygen atoms in total. The van der Waals surface area contributed by atoms with Crippen LogP contribution in [0.1, 0.15) is 0 Å². The van der Waals surface area contributed by atoms with Gasteiger partial charge < -0.3 is 0 Å². The molecule has 1 aromatic rings. The molecular weight excluding hydrogens is 262 g/mol. The number of nitrogens with zero attached hydrogens (tertiary/aromatic N) is 2. The molecule has 7 heteroatoms. The standard InChI is InChI=1S/C8HCl3N2O2/c9-4-1-5(10)8(13-3-15)6(11)7(4)12-2-14/h1H. The third-order valence-electron chi connectivity index (χ3n) is 1.44. The predicted octanol–water partition coefficient (Wildman–Crippen LogP) is 3.58. The van der Waals surface area contributed by atoms with Gasteiger partial charge in [-0.1, -0.05) is 34.8 Å². The highest BCUT2D eigenvalue weighted by atomic mass is 35.5. The van der Waals surface area contributed by atoms with Gasteiger partial charge in [0.25, 0.3) is 0 Å². The minimum Gasteiger partial charge on any atom is -0.211 e. The Balaban J connectivity index is 3.62. The van der Waals surface area contributed by atoms with Crippen molar-refractivity contribution in [3.05, 3.63) is 21.1 Å². The van der Waals surface area contributed by atoms with Crippen LogP contribution in [0, 0.1) is 0 Å². The average molecular weight is 263 g/mol. The van der Waals surface area contributed by atoms with E-state index in [9.17, 15) is 9.59 Å². The third kappa shape index (κ3) is 2.45. The smallest absolute Gasteiger partial charge is 0.211 e. The van der Waals surface area contributed by atoms with Crippen molar-refractivity contribution in [3.8, 4) is 0 Å². The molecule has 0 aliphatic rings. The van der Waals surface area contributed by atoms with Crippen LogP contribution in [0.5, 0.6) is 0 Å². The van der Waals surface area contributed by atoms with E-state index in [0.29, 0.717) is 0 Å². The maximum absolute atomic E-state index is 10.1. The van der Waals surface area contributed by atoms with Gasteiger partial charge in [0.1, 0.15) is 11.4 Å². The van der Waals surface area contributed by atoms with E-state index in [-0.39, 0.29) is 26.4 Å². The Hall–Kier alpha value is -1.15. The summed E-state index contributed by atoms with van der Waals surface area (Å²) in [6, 6.07) is 1.27. The van der Waals surface area contributed by atoms with Gasteiger partial charge in [-0.25, -0.2) is 9.59 Å². The highest BCUT2D eigenvalue weighted by Crippen LogP contribution is 2.44. The third-order valence-corrected chi connectivity index (χ3v) is 2.37. The summed E-state index contributed by atoms with van der Waals surface area (Å²) in [5, 5.41) is 0.0376. The van der Waals surface area contributed by atoms with Crippen LogP contribution >= 0.6 is 34.8 Å². The van der Waals surface area contributed by atoms with E-state index in [0.717, 1.165) is 0 Å². The zero-order valence-electron chi connectivity index (χ0n) is 6.92. The van der Waals surface area contributed by atoms with E-state index >= 15 is 0 Å². The number of aliphatic imine (C=N–C) groups is 2. The topological polar surface area (TPSA) is 58.9 Å². The Morgan fingerprint density at radius 2 is 1.33 bits per heavy atom. The minimum absolute atomic E-state index is 0.0354. The first-order valence-electron chi connectivity index (χ1n) is 3.45. The molecule has 15 heavy (non-hydrogen) atoms. The van der Waals surface area contributed by atoms with E-state index in [4.69, 9.17) is 34.8 Å². The van der Waals surface area contributed by atoms with Crippen LogP contribution in [0.25, 0.3) is 0 Å². The van der Waals surface area contributed by atoms with E-state index < -0.39 is 0 Å². The number of isocyanates is 2. The van der Waals surface area contributed by atoms with Crippen LogP contribution in [-0.4, -0.2) is 12.2 Å². The van der Waals surface area contributed by atoms with Gasteiger partial charge >= 0.3 is 0 Å². The van der Waals surface area contributed by atoms with Gasteiger partial charge in [-0.15, -0.1) is 0 Å². The molecule has 0 spiro atoms. The zero-order valence-corrected chi connectivity index (χ0v) is 9.19. The van der Waals surface area contributed by atoms with Gasteiger partial charge in [-0.3, -0.25) is 0 Å². The number of benzene rings is 1. The van der Waals surface area contributed by atoms with E-state index in [1.165, 1.54) is 18.2 Å². The fourth-order valence-corrected chi connectivity index (χ4v) is 1.80. The maximum atomic E-state index is 10.1. The monoisotopic (exact) mass is 262 g/mol. The molecule has 0 atom stereocenters. The molecule has 0 radical (unpaired) electrons. The van der Waals surface area contributed by atoms with Crippen molar-refractivity contribution < 1.29 is 9.59 Å². The SMILES string of the molecule is O=C=Nc1c(Cl)cc(Cl)c(N=C=O)c1Cl. The molecular formula is C8HCl3N2O2. The van der Waals surface area contributed by atoms with E-state index in [2.05, 4.69) is 9.98 Å². The number of rotatable bonds is 2. The molecule has 0 N–H and O–H groups in total. The number of carbonyl (C=O) groups excluding carboxylic acids is 2. The van der Waals surface area contributed by atoms with Crippen molar-refractivity contribution in [1.29, 1.82) is 0 Å². The Bertz CT molecular complexity index is 461. The average Bonchev–Trinajstić information content (AvgIpc) is 2.19. The van der Waals surface area contributed by atoms with Gasteiger partial charge in [0.05, 0.1) is 15.1 Å². The molecule has 0 aromatic heterocycles. The number of hydrogen-bond acceptors (Lipinski definition) is 4. The lowest BCUT2D eigenvalue weighted by Gasteiger charge is -2.04. The lowest BCUT2D eigenvalue weighted by atomic mass is 10.3. The van der Waals surface area contributed by atoms with Gasteiger partial charge in [-0.05, 0) is 6.07 Å². The van der Waals surface area contributed by atoms with Gasteiger partial charge in [0.2, 0.25) is 12.2 Å². The quantitative estimate of drug-likeness (QED) is 0.605. The van der Waals surface area contributed by atoms with Crippen LogP contribution in [0.15, 0.2) is 16.1 Å². The highest BCUT2D eigenvalue weighted by molar-refractivity contribution is 6.44. The van der Waals surface area contributed by atoms with Gasteiger partial charge in [0.15, 0.2) is 0 Å². The van der Waals surface area contributed by atoms with E-state index in [1.54, 1.807) is 0 Å². The summed E-state index contributed by atoms with van der Waals surface area (Å²) < 4.78 is 0. The lowest BCUT2D eigenvalue weighted by Crippen LogP contribution is -1.76. The summed E-state index contributed by atoms with van der Waals surface area (Å²) in [5.41, 5.74) is -0.0709. The van der Waals surface area contributed by atoms with Crippen LogP contribution in [-0.2, 0) is 9.59 Å². The van der Waals surface area contributed by atoms with Gasteiger partial charge in [0, 0.05) is 0 Å². The molecule has 0 heterocycles. The largest absolute Gasteiger partial charge is 0.240 e. The molecule has 1 aromatic carbocycles. The summed E-state index contributed by atoms with van der Waals surface area (Å²) in [7, 11) is 0. The second-order valence-corrected chi connectivity index (χ2v) is 3.45. The molecule has 0 aliphatic carbocycles. The Morgan fingerprint density at radius 3 is 1.67 bits per heavy atom. The summed E-state index contributed by atoms with van der Waals surface area (Å²) in [5.74, 6) is 0. The number of hydrogen-bond donors (Lipinski definition) is 0. The van der Waals surface area contributed by atoms with Crippen molar-refractivity contribution in [2.24, 2.45) is 9.98 Å². The first-order chi connectivity index (χ1) is 7.11. The second-order valence-electron chi connectivity index (χ2n) is 2.26. The van der Waals surface area contributed by atoms with Crippen molar-refractivity contribution in [3.63, 3.8) is 0 Å². The summed E-state index contributed by atoms with van der Waals surface area (Å²) in [6.45, 7) is 0. The van der Waals surface area contributed by atoms with Crippen LogP contribution in [0.3, 0.4) is 0 Å². The minimum atomic E-state index is -0.0980. The molecule has 0 saturated carbocycles.